The molecule has 0 aliphatic heterocycles. The Kier molecular flexibility index (Phi) is 3.58. The van der Waals surface area contributed by atoms with Crippen molar-refractivity contribution in [3.05, 3.63) is 66.1 Å². The highest BCUT2D eigenvalue weighted by atomic mass is 32.2. The van der Waals surface area contributed by atoms with Crippen molar-refractivity contribution in [3.63, 3.8) is 0 Å². The molecule has 0 fully saturated rings. The lowest BCUT2D eigenvalue weighted by Gasteiger charge is -2.08. The SMILES string of the molecule is O=C(O)c1cnc(Sc2ccccc2F)c2ccccc12. The van der Waals surface area contributed by atoms with E-state index in [-0.39, 0.29) is 11.4 Å². The summed E-state index contributed by atoms with van der Waals surface area (Å²) in [5, 5.41) is 11.1. The lowest BCUT2D eigenvalue weighted by Crippen LogP contribution is -1.99. The number of benzene rings is 2. The summed E-state index contributed by atoms with van der Waals surface area (Å²) in [5.41, 5.74) is 0.142. The molecule has 0 radical (unpaired) electrons. The lowest BCUT2D eigenvalue weighted by atomic mass is 10.1. The first-order chi connectivity index (χ1) is 10.2. The number of pyridine rings is 1. The topological polar surface area (TPSA) is 50.2 Å². The average molecular weight is 299 g/mol. The van der Waals surface area contributed by atoms with Gasteiger partial charge in [0.05, 0.1) is 5.56 Å². The number of halogens is 1. The maximum atomic E-state index is 13.7. The molecule has 0 aliphatic carbocycles. The summed E-state index contributed by atoms with van der Waals surface area (Å²) in [5.74, 6) is -1.35. The number of hydrogen-bond acceptors (Lipinski definition) is 3. The number of hydrogen-bond donors (Lipinski definition) is 1. The number of fused-ring (bicyclic) bond motifs is 1. The number of aromatic carboxylic acids is 1. The van der Waals surface area contributed by atoms with Crippen LogP contribution in [0.5, 0.6) is 0 Å². The zero-order chi connectivity index (χ0) is 14.8. The van der Waals surface area contributed by atoms with Crippen LogP contribution >= 0.6 is 11.8 Å². The second-order valence-electron chi connectivity index (χ2n) is 4.36. The molecule has 0 bridgehead atoms. The maximum absolute atomic E-state index is 13.7. The molecule has 21 heavy (non-hydrogen) atoms. The third kappa shape index (κ3) is 2.60. The van der Waals surface area contributed by atoms with Crippen LogP contribution in [0.4, 0.5) is 4.39 Å². The molecule has 5 heteroatoms. The second kappa shape index (κ2) is 5.54. The Balaban J connectivity index is 2.14. The molecule has 0 saturated heterocycles. The van der Waals surface area contributed by atoms with Gasteiger partial charge in [-0.25, -0.2) is 14.2 Å². The van der Waals surface area contributed by atoms with Crippen LogP contribution in [-0.2, 0) is 0 Å². The van der Waals surface area contributed by atoms with E-state index in [1.165, 1.54) is 24.0 Å². The molecule has 0 atom stereocenters. The van der Waals surface area contributed by atoms with Gasteiger partial charge in [0.2, 0.25) is 0 Å². The van der Waals surface area contributed by atoms with E-state index in [4.69, 9.17) is 0 Å². The molecule has 0 spiro atoms. The van der Waals surface area contributed by atoms with E-state index in [0.29, 0.717) is 20.7 Å². The third-order valence-corrected chi connectivity index (χ3v) is 4.10. The normalized spacial score (nSPS) is 10.7. The predicted octanol–water partition coefficient (Wildman–Crippen LogP) is 4.22. The zero-order valence-electron chi connectivity index (χ0n) is 10.8. The Labute approximate surface area is 124 Å². The summed E-state index contributed by atoms with van der Waals surface area (Å²) >= 11 is 1.19. The van der Waals surface area contributed by atoms with Crippen LogP contribution < -0.4 is 0 Å². The molecule has 3 rings (SSSR count). The van der Waals surface area contributed by atoms with Crippen molar-refractivity contribution in [1.82, 2.24) is 4.98 Å². The van der Waals surface area contributed by atoms with Gasteiger partial charge in [-0.1, -0.05) is 48.2 Å². The van der Waals surface area contributed by atoms with E-state index in [2.05, 4.69) is 4.98 Å². The summed E-state index contributed by atoms with van der Waals surface area (Å²) in [6, 6.07) is 13.5. The van der Waals surface area contributed by atoms with Gasteiger partial charge in [0.15, 0.2) is 0 Å². The first kappa shape index (κ1) is 13.6. The predicted molar refractivity (Wildman–Crippen MR) is 79.2 cm³/mol. The Bertz CT molecular complexity index is 835. The van der Waals surface area contributed by atoms with Gasteiger partial charge < -0.3 is 5.11 Å². The van der Waals surface area contributed by atoms with Crippen molar-refractivity contribution in [3.8, 4) is 0 Å². The highest BCUT2D eigenvalue weighted by molar-refractivity contribution is 7.99. The first-order valence-corrected chi connectivity index (χ1v) is 7.02. The second-order valence-corrected chi connectivity index (χ2v) is 5.39. The van der Waals surface area contributed by atoms with E-state index in [1.54, 1.807) is 42.5 Å². The van der Waals surface area contributed by atoms with Crippen LogP contribution in [0.25, 0.3) is 10.8 Å². The van der Waals surface area contributed by atoms with Gasteiger partial charge in [0, 0.05) is 21.9 Å². The number of nitrogens with zero attached hydrogens (tertiary/aromatic N) is 1. The van der Waals surface area contributed by atoms with Gasteiger partial charge in [-0.15, -0.1) is 0 Å². The summed E-state index contributed by atoms with van der Waals surface area (Å²) in [7, 11) is 0. The minimum atomic E-state index is -1.03. The van der Waals surface area contributed by atoms with E-state index < -0.39 is 5.97 Å². The van der Waals surface area contributed by atoms with E-state index >= 15 is 0 Å². The van der Waals surface area contributed by atoms with Gasteiger partial charge in [-0.3, -0.25) is 0 Å². The maximum Gasteiger partial charge on any atom is 0.337 e. The summed E-state index contributed by atoms with van der Waals surface area (Å²) in [6.07, 6.45) is 1.31. The fourth-order valence-corrected chi connectivity index (χ4v) is 2.96. The average Bonchev–Trinajstić information content (AvgIpc) is 2.49. The lowest BCUT2D eigenvalue weighted by molar-refractivity contribution is 0.0698. The highest BCUT2D eigenvalue weighted by Crippen LogP contribution is 2.34. The summed E-state index contributed by atoms with van der Waals surface area (Å²) in [4.78, 5) is 15.9. The molecule has 3 aromatic rings. The van der Waals surface area contributed by atoms with Crippen LogP contribution in [0.3, 0.4) is 0 Å². The molecule has 2 aromatic carbocycles. The van der Waals surface area contributed by atoms with Gasteiger partial charge in [-0.2, -0.15) is 0 Å². The standard InChI is InChI=1S/C16H10FNO2S/c17-13-7-3-4-8-14(13)21-15-11-6-2-1-5-10(11)12(9-18-15)16(19)20/h1-9H,(H,19,20). The van der Waals surface area contributed by atoms with Crippen LogP contribution in [0.2, 0.25) is 0 Å². The minimum absolute atomic E-state index is 0.142. The molecule has 104 valence electrons. The van der Waals surface area contributed by atoms with Crippen molar-refractivity contribution in [1.29, 1.82) is 0 Å². The van der Waals surface area contributed by atoms with E-state index in [0.717, 1.165) is 0 Å². The number of rotatable bonds is 3. The summed E-state index contributed by atoms with van der Waals surface area (Å²) < 4.78 is 13.7. The Morgan fingerprint density at radius 2 is 1.71 bits per heavy atom. The van der Waals surface area contributed by atoms with Crippen molar-refractivity contribution >= 4 is 28.5 Å². The van der Waals surface area contributed by atoms with Crippen LogP contribution in [-0.4, -0.2) is 16.1 Å². The number of carboxylic acid groups (broad SMARTS) is 1. The number of carbonyl (C=O) groups is 1. The van der Waals surface area contributed by atoms with Crippen molar-refractivity contribution < 1.29 is 14.3 Å². The molecule has 1 N–H and O–H groups in total. The molecular weight excluding hydrogens is 289 g/mol. The number of aromatic nitrogens is 1. The largest absolute Gasteiger partial charge is 0.478 e. The molecule has 1 heterocycles. The summed E-state index contributed by atoms with van der Waals surface area (Å²) in [6.45, 7) is 0. The van der Waals surface area contributed by atoms with E-state index in [9.17, 15) is 14.3 Å². The van der Waals surface area contributed by atoms with Crippen molar-refractivity contribution in [2.24, 2.45) is 0 Å². The smallest absolute Gasteiger partial charge is 0.337 e. The fourth-order valence-electron chi connectivity index (χ4n) is 2.05. The molecule has 0 aliphatic rings. The molecular formula is C16H10FNO2S. The molecule has 1 aromatic heterocycles. The Morgan fingerprint density at radius 1 is 1.05 bits per heavy atom. The van der Waals surface area contributed by atoms with E-state index in [1.807, 2.05) is 0 Å². The van der Waals surface area contributed by atoms with Crippen molar-refractivity contribution in [2.45, 2.75) is 9.92 Å². The van der Waals surface area contributed by atoms with Gasteiger partial charge in [-0.05, 0) is 12.1 Å². The third-order valence-electron chi connectivity index (χ3n) is 3.03. The first-order valence-electron chi connectivity index (χ1n) is 6.20. The zero-order valence-corrected chi connectivity index (χ0v) is 11.6. The molecule has 0 unspecified atom stereocenters. The van der Waals surface area contributed by atoms with Crippen LogP contribution in [0.15, 0.2) is 64.6 Å². The molecule has 3 nitrogen and oxygen atoms in total. The molecule has 0 saturated carbocycles. The van der Waals surface area contributed by atoms with Gasteiger partial charge in [0.1, 0.15) is 10.8 Å². The number of carboxylic acids is 1. The quantitative estimate of drug-likeness (QED) is 0.786. The van der Waals surface area contributed by atoms with Crippen LogP contribution in [0, 0.1) is 5.82 Å². The minimum Gasteiger partial charge on any atom is -0.478 e. The van der Waals surface area contributed by atoms with Gasteiger partial charge in [0.25, 0.3) is 0 Å². The van der Waals surface area contributed by atoms with Crippen molar-refractivity contribution in [2.75, 3.05) is 0 Å². The Hall–Kier alpha value is -2.40. The monoisotopic (exact) mass is 299 g/mol. The fraction of sp³-hybridized carbons (Fsp3) is 0. The Morgan fingerprint density at radius 3 is 2.43 bits per heavy atom. The highest BCUT2D eigenvalue weighted by Gasteiger charge is 2.14. The molecule has 0 amide bonds. The van der Waals surface area contributed by atoms with Gasteiger partial charge >= 0.3 is 5.97 Å². The van der Waals surface area contributed by atoms with Crippen LogP contribution in [0.1, 0.15) is 10.4 Å².